The van der Waals surface area contributed by atoms with Gasteiger partial charge >= 0.3 is 6.09 Å². The number of aryl methyl sites for hydroxylation is 1. The Hall–Kier alpha value is -3.88. The zero-order valence-electron chi connectivity index (χ0n) is 20.1. The molecule has 0 aliphatic carbocycles. The van der Waals surface area contributed by atoms with Gasteiger partial charge in [-0.15, -0.1) is 0 Å². The molecule has 1 amide bonds. The van der Waals surface area contributed by atoms with Gasteiger partial charge in [-0.25, -0.2) is 14.2 Å². The summed E-state index contributed by atoms with van der Waals surface area (Å²) in [6.07, 6.45) is 1.01. The van der Waals surface area contributed by atoms with Crippen LogP contribution in [-0.2, 0) is 11.3 Å². The van der Waals surface area contributed by atoms with Crippen molar-refractivity contribution in [1.29, 1.82) is 0 Å². The first-order chi connectivity index (χ1) is 16.6. The van der Waals surface area contributed by atoms with E-state index in [0.717, 1.165) is 11.3 Å². The molecule has 2 aliphatic heterocycles. The summed E-state index contributed by atoms with van der Waals surface area (Å²) < 4.78 is 32.8. The molecule has 0 fully saturated rings. The molecule has 0 unspecified atom stereocenters. The first-order valence-corrected chi connectivity index (χ1v) is 11.4. The molecule has 1 aromatic carbocycles. The van der Waals surface area contributed by atoms with Crippen molar-refractivity contribution in [2.75, 3.05) is 23.8 Å². The summed E-state index contributed by atoms with van der Waals surface area (Å²) in [5, 5.41) is 0. The van der Waals surface area contributed by atoms with Crippen molar-refractivity contribution in [3.05, 3.63) is 59.2 Å². The fourth-order valence-corrected chi connectivity index (χ4v) is 4.43. The van der Waals surface area contributed by atoms with Crippen molar-refractivity contribution in [1.82, 2.24) is 9.97 Å². The van der Waals surface area contributed by atoms with Crippen molar-refractivity contribution in [2.45, 2.75) is 45.8 Å². The van der Waals surface area contributed by atoms with E-state index in [2.05, 4.69) is 9.97 Å². The molecule has 4 heterocycles. The molecule has 9 heteroatoms. The minimum atomic E-state index is -0.780. The molecule has 1 atom stereocenters. The number of amides is 1. The topological polar surface area (TPSA) is 99.8 Å². The van der Waals surface area contributed by atoms with Crippen molar-refractivity contribution in [2.24, 2.45) is 0 Å². The van der Waals surface area contributed by atoms with Gasteiger partial charge in [-0.3, -0.25) is 9.88 Å². The van der Waals surface area contributed by atoms with Crippen molar-refractivity contribution >= 4 is 17.7 Å². The molecule has 35 heavy (non-hydrogen) atoms. The van der Waals surface area contributed by atoms with E-state index >= 15 is 4.39 Å². The van der Waals surface area contributed by atoms with Gasteiger partial charge in [0.25, 0.3) is 0 Å². The van der Waals surface area contributed by atoms with Crippen LogP contribution < -0.4 is 20.1 Å². The SMILES string of the molecule is Cc1ncccc1-c1cc2c(nc1N)N(C(=O)OC(C)(C)C)Cc1c(F)ccc3c1[C@@H](CO2)CO3. The van der Waals surface area contributed by atoms with E-state index < -0.39 is 17.5 Å². The number of carbonyl (C=O) groups is 1. The highest BCUT2D eigenvalue weighted by atomic mass is 19.1. The Balaban J connectivity index is 1.69. The van der Waals surface area contributed by atoms with Gasteiger partial charge in [-0.05, 0) is 52.0 Å². The molecule has 0 saturated heterocycles. The number of ether oxygens (including phenoxy) is 3. The van der Waals surface area contributed by atoms with Crippen LogP contribution in [0.1, 0.15) is 43.5 Å². The highest BCUT2D eigenvalue weighted by Gasteiger charge is 2.36. The van der Waals surface area contributed by atoms with Crippen LogP contribution >= 0.6 is 0 Å². The van der Waals surface area contributed by atoms with E-state index in [0.29, 0.717) is 34.8 Å². The minimum Gasteiger partial charge on any atom is -0.493 e. The number of hydrogen-bond donors (Lipinski definition) is 1. The predicted octanol–water partition coefficient (Wildman–Crippen LogP) is 4.98. The molecule has 5 rings (SSSR count). The number of nitrogens with zero attached hydrogens (tertiary/aromatic N) is 3. The van der Waals surface area contributed by atoms with E-state index in [-0.39, 0.29) is 30.7 Å². The second-order valence-electron chi connectivity index (χ2n) is 9.70. The first-order valence-electron chi connectivity index (χ1n) is 11.4. The number of nitrogens with two attached hydrogens (primary N) is 1. The normalized spacial score (nSPS) is 16.7. The number of fused-ring (bicyclic) bond motifs is 1. The quantitative estimate of drug-likeness (QED) is 0.526. The minimum absolute atomic E-state index is 0.113. The number of pyridine rings is 2. The number of benzene rings is 1. The Morgan fingerprint density at radius 3 is 2.63 bits per heavy atom. The molecule has 3 aromatic rings. The smallest absolute Gasteiger partial charge is 0.416 e. The maximum absolute atomic E-state index is 15.1. The third-order valence-corrected chi connectivity index (χ3v) is 6.03. The second-order valence-corrected chi connectivity index (χ2v) is 9.70. The number of halogens is 1. The van der Waals surface area contributed by atoms with Crippen LogP contribution in [0.4, 0.5) is 20.8 Å². The van der Waals surface area contributed by atoms with Gasteiger partial charge in [0.05, 0.1) is 25.7 Å². The lowest BCUT2D eigenvalue weighted by atomic mass is 9.95. The summed E-state index contributed by atoms with van der Waals surface area (Å²) in [6, 6.07) is 8.41. The fraction of sp³-hybridized carbons (Fsp3) is 0.346. The molecule has 0 radical (unpaired) electrons. The van der Waals surface area contributed by atoms with Gasteiger partial charge < -0.3 is 19.9 Å². The van der Waals surface area contributed by atoms with Crippen LogP contribution in [0.2, 0.25) is 0 Å². The third-order valence-electron chi connectivity index (χ3n) is 6.03. The molecule has 0 bridgehead atoms. The van der Waals surface area contributed by atoms with E-state index in [1.807, 2.05) is 19.1 Å². The number of anilines is 2. The standard InChI is InChI=1S/C26H27FN4O4/c1-14-16(6-5-9-29-14)17-10-21-24(30-23(17)28)31(25(32)35-26(2,3)4)11-18-19(27)7-8-20-22(18)15(12-33-20)13-34-21/h5-10,15H,11-13H2,1-4H3,(H2,28,30)/t15-/m1/s1. The number of aromatic nitrogens is 2. The molecule has 8 nitrogen and oxygen atoms in total. The van der Waals surface area contributed by atoms with Crippen LogP contribution in [0.5, 0.6) is 11.5 Å². The Labute approximate surface area is 202 Å². The maximum Gasteiger partial charge on any atom is 0.416 e. The monoisotopic (exact) mass is 478 g/mol. The molecular formula is C26H27FN4O4. The lowest BCUT2D eigenvalue weighted by Crippen LogP contribution is -2.37. The van der Waals surface area contributed by atoms with Crippen LogP contribution in [0.15, 0.2) is 36.5 Å². The summed E-state index contributed by atoms with van der Waals surface area (Å²) in [6.45, 7) is 7.62. The molecule has 182 valence electrons. The van der Waals surface area contributed by atoms with Gasteiger partial charge in [-0.2, -0.15) is 0 Å². The molecule has 0 saturated carbocycles. The summed E-state index contributed by atoms with van der Waals surface area (Å²) in [5.41, 5.74) is 8.85. The van der Waals surface area contributed by atoms with Crippen molar-refractivity contribution < 1.29 is 23.4 Å². The van der Waals surface area contributed by atoms with E-state index in [1.165, 1.54) is 11.0 Å². The van der Waals surface area contributed by atoms with E-state index in [4.69, 9.17) is 19.9 Å². The average Bonchev–Trinajstić information content (AvgIpc) is 3.21. The zero-order chi connectivity index (χ0) is 24.9. The summed E-state index contributed by atoms with van der Waals surface area (Å²) in [7, 11) is 0. The largest absolute Gasteiger partial charge is 0.493 e. The average molecular weight is 479 g/mol. The summed E-state index contributed by atoms with van der Waals surface area (Å²) >= 11 is 0. The van der Waals surface area contributed by atoms with Crippen LogP contribution in [-0.4, -0.2) is 34.9 Å². The lowest BCUT2D eigenvalue weighted by molar-refractivity contribution is 0.0575. The van der Waals surface area contributed by atoms with Crippen molar-refractivity contribution in [3.63, 3.8) is 0 Å². The lowest BCUT2D eigenvalue weighted by Gasteiger charge is -2.28. The highest BCUT2D eigenvalue weighted by molar-refractivity contribution is 5.91. The van der Waals surface area contributed by atoms with Crippen LogP contribution in [0, 0.1) is 12.7 Å². The Kier molecular flexibility index (Phi) is 5.50. The fourth-order valence-electron chi connectivity index (χ4n) is 4.43. The molecular weight excluding hydrogens is 451 g/mol. The Morgan fingerprint density at radius 2 is 1.91 bits per heavy atom. The number of rotatable bonds is 1. The molecule has 0 spiro atoms. The number of carbonyl (C=O) groups excluding carboxylic acids is 1. The maximum atomic E-state index is 15.1. The van der Waals surface area contributed by atoms with E-state index in [9.17, 15) is 4.79 Å². The molecule has 2 aliphatic rings. The van der Waals surface area contributed by atoms with Gasteiger partial charge in [0.1, 0.15) is 23.0 Å². The van der Waals surface area contributed by atoms with Gasteiger partial charge in [0.2, 0.25) is 0 Å². The Morgan fingerprint density at radius 1 is 1.17 bits per heavy atom. The first kappa shape index (κ1) is 22.9. The third kappa shape index (κ3) is 4.22. The van der Waals surface area contributed by atoms with Crippen LogP contribution in [0.25, 0.3) is 11.1 Å². The Bertz CT molecular complexity index is 1320. The molecule has 2 N–H and O–H groups in total. The molecule has 2 aromatic heterocycles. The highest BCUT2D eigenvalue weighted by Crippen LogP contribution is 2.43. The van der Waals surface area contributed by atoms with Crippen LogP contribution in [0.3, 0.4) is 0 Å². The van der Waals surface area contributed by atoms with Gasteiger partial charge in [0.15, 0.2) is 11.6 Å². The van der Waals surface area contributed by atoms with E-state index in [1.54, 1.807) is 39.1 Å². The van der Waals surface area contributed by atoms with Gasteiger partial charge in [0, 0.05) is 34.1 Å². The predicted molar refractivity (Wildman–Crippen MR) is 129 cm³/mol. The number of nitrogen functional groups attached to an aromatic ring is 1. The zero-order valence-corrected chi connectivity index (χ0v) is 20.1. The number of hydrogen-bond acceptors (Lipinski definition) is 7. The second kappa shape index (κ2) is 8.41. The summed E-state index contributed by atoms with van der Waals surface area (Å²) in [5.74, 6) is 0.641. The van der Waals surface area contributed by atoms with Crippen molar-refractivity contribution in [3.8, 4) is 22.6 Å². The van der Waals surface area contributed by atoms with Gasteiger partial charge in [-0.1, -0.05) is 6.07 Å². The summed E-state index contributed by atoms with van der Waals surface area (Å²) in [4.78, 5) is 23.6.